The van der Waals surface area contributed by atoms with E-state index in [0.717, 1.165) is 4.68 Å². The quantitative estimate of drug-likeness (QED) is 0.485. The van der Waals surface area contributed by atoms with Crippen LogP contribution in [0.15, 0.2) is 0 Å². The Labute approximate surface area is 96.8 Å². The molecule has 1 heterocycles. The number of halogens is 5. The van der Waals surface area contributed by atoms with E-state index < -0.39 is 40.5 Å². The van der Waals surface area contributed by atoms with Gasteiger partial charge >= 0.3 is 0 Å². The molecule has 0 radical (unpaired) electrons. The molecule has 0 aliphatic carbocycles. The normalized spacial score (nSPS) is 11.0. The van der Waals surface area contributed by atoms with Gasteiger partial charge in [0.2, 0.25) is 11.8 Å². The van der Waals surface area contributed by atoms with Crippen molar-refractivity contribution in [1.29, 1.82) is 0 Å². The van der Waals surface area contributed by atoms with Gasteiger partial charge in [0.25, 0.3) is 0 Å². The molecule has 18 heavy (non-hydrogen) atoms. The van der Waals surface area contributed by atoms with E-state index in [4.69, 9.17) is 5.73 Å². The van der Waals surface area contributed by atoms with Gasteiger partial charge < -0.3 is 5.73 Å². The number of hydrogen-bond acceptors (Lipinski definition) is 3. The number of nitrogen functional groups attached to an aromatic ring is 1. The first kappa shape index (κ1) is 12.3. The molecule has 0 atom stereocenters. The summed E-state index contributed by atoms with van der Waals surface area (Å²) in [5, 5.41) is 3.46. The van der Waals surface area contributed by atoms with Crippen molar-refractivity contribution in [3.63, 3.8) is 0 Å². The summed E-state index contributed by atoms with van der Waals surface area (Å²) in [6, 6.07) is 0. The van der Waals surface area contributed by atoms with Crippen LogP contribution < -0.4 is 5.73 Å². The summed E-state index contributed by atoms with van der Waals surface area (Å²) in [7, 11) is 1.30. The van der Waals surface area contributed by atoms with Crippen molar-refractivity contribution in [2.24, 2.45) is 7.05 Å². The molecule has 1 aromatic heterocycles. The summed E-state index contributed by atoms with van der Waals surface area (Å²) < 4.78 is 66.4. The number of hydrogen-bond donors (Lipinski definition) is 1. The zero-order chi connectivity index (χ0) is 13.6. The summed E-state index contributed by atoms with van der Waals surface area (Å²) in [5.41, 5.74) is 4.06. The summed E-state index contributed by atoms with van der Waals surface area (Å²) in [6.45, 7) is 0. The molecule has 4 nitrogen and oxygen atoms in total. The number of aryl methyl sites for hydroxylation is 1. The van der Waals surface area contributed by atoms with Crippen LogP contribution in [0, 0.1) is 29.1 Å². The van der Waals surface area contributed by atoms with Crippen molar-refractivity contribution in [3.8, 4) is 11.4 Å². The maximum absolute atomic E-state index is 13.4. The third-order valence-corrected chi connectivity index (χ3v) is 2.23. The van der Waals surface area contributed by atoms with Gasteiger partial charge in [0.15, 0.2) is 29.1 Å². The molecule has 0 saturated carbocycles. The first-order chi connectivity index (χ1) is 8.34. The fraction of sp³-hybridized carbons (Fsp3) is 0.111. The van der Waals surface area contributed by atoms with Gasteiger partial charge in [0.1, 0.15) is 0 Å². The molecule has 0 spiro atoms. The molecule has 0 amide bonds. The Morgan fingerprint density at radius 1 is 0.889 bits per heavy atom. The van der Waals surface area contributed by atoms with E-state index in [1.807, 2.05) is 0 Å². The third-order valence-electron chi connectivity index (χ3n) is 2.23. The van der Waals surface area contributed by atoms with Crippen LogP contribution in [0.3, 0.4) is 0 Å². The van der Waals surface area contributed by atoms with E-state index in [1.54, 1.807) is 0 Å². The highest BCUT2D eigenvalue weighted by Crippen LogP contribution is 2.29. The Bertz CT molecular complexity index is 588. The van der Waals surface area contributed by atoms with Gasteiger partial charge in [-0.2, -0.15) is 4.98 Å². The largest absolute Gasteiger partial charge is 0.368 e. The highest BCUT2D eigenvalue weighted by molar-refractivity contribution is 5.58. The predicted octanol–water partition coefficient (Wildman–Crippen LogP) is 1.76. The number of benzene rings is 1. The average Bonchev–Trinajstić information content (AvgIpc) is 2.64. The topological polar surface area (TPSA) is 56.7 Å². The van der Waals surface area contributed by atoms with Crippen molar-refractivity contribution in [2.45, 2.75) is 0 Å². The van der Waals surface area contributed by atoms with E-state index in [2.05, 4.69) is 10.1 Å². The molecule has 2 aromatic rings. The molecular formula is C9H5F5N4. The molecular weight excluding hydrogens is 259 g/mol. The van der Waals surface area contributed by atoms with Crippen LogP contribution in [-0.4, -0.2) is 14.8 Å². The van der Waals surface area contributed by atoms with E-state index in [0.29, 0.717) is 0 Å². The summed E-state index contributed by atoms with van der Waals surface area (Å²) in [5.74, 6) is -11.3. The highest BCUT2D eigenvalue weighted by Gasteiger charge is 2.28. The molecule has 0 saturated heterocycles. The Kier molecular flexibility index (Phi) is 2.68. The van der Waals surface area contributed by atoms with Gasteiger partial charge in [-0.15, -0.1) is 5.10 Å². The van der Waals surface area contributed by atoms with Gasteiger partial charge in [-0.3, -0.25) is 0 Å². The summed E-state index contributed by atoms with van der Waals surface area (Å²) in [6.07, 6.45) is 0. The molecule has 0 aliphatic rings. The zero-order valence-electron chi connectivity index (χ0n) is 8.81. The Balaban J connectivity index is 2.79. The van der Waals surface area contributed by atoms with Crippen LogP contribution >= 0.6 is 0 Å². The molecule has 2 N–H and O–H groups in total. The van der Waals surface area contributed by atoms with E-state index in [9.17, 15) is 22.0 Å². The Morgan fingerprint density at radius 2 is 1.33 bits per heavy atom. The second-order valence-corrected chi connectivity index (χ2v) is 3.36. The molecule has 0 aliphatic heterocycles. The standard InChI is InChI=1S/C9H5F5N4/c1-18-9(15)16-8(17-18)2-3(10)5(12)7(14)6(13)4(2)11/h1H3,(H2,15,16,17). The van der Waals surface area contributed by atoms with Crippen molar-refractivity contribution >= 4 is 5.95 Å². The maximum Gasteiger partial charge on any atom is 0.218 e. The second kappa shape index (κ2) is 3.93. The minimum atomic E-state index is -2.24. The smallest absolute Gasteiger partial charge is 0.218 e. The Hall–Kier alpha value is -2.19. The Morgan fingerprint density at radius 3 is 1.72 bits per heavy atom. The molecule has 0 unspecified atom stereocenters. The highest BCUT2D eigenvalue weighted by atomic mass is 19.2. The van der Waals surface area contributed by atoms with E-state index >= 15 is 0 Å². The van der Waals surface area contributed by atoms with Gasteiger partial charge in [0.05, 0.1) is 5.56 Å². The molecule has 0 bridgehead atoms. The molecule has 9 heteroatoms. The number of nitrogens with zero attached hydrogens (tertiary/aromatic N) is 3. The lowest BCUT2D eigenvalue weighted by Crippen LogP contribution is -2.05. The first-order valence-electron chi connectivity index (χ1n) is 4.53. The van der Waals surface area contributed by atoms with Crippen LogP contribution in [0.25, 0.3) is 11.4 Å². The monoisotopic (exact) mass is 264 g/mol. The lowest BCUT2D eigenvalue weighted by atomic mass is 10.1. The number of aromatic nitrogens is 3. The molecule has 1 aromatic carbocycles. The van der Waals surface area contributed by atoms with Crippen LogP contribution in [-0.2, 0) is 7.05 Å². The van der Waals surface area contributed by atoms with Gasteiger partial charge in [-0.1, -0.05) is 0 Å². The zero-order valence-corrected chi connectivity index (χ0v) is 8.81. The third kappa shape index (κ3) is 1.59. The van der Waals surface area contributed by atoms with Crippen molar-refractivity contribution in [1.82, 2.24) is 14.8 Å². The number of rotatable bonds is 1. The minimum Gasteiger partial charge on any atom is -0.368 e. The first-order valence-corrected chi connectivity index (χ1v) is 4.53. The fourth-order valence-electron chi connectivity index (χ4n) is 1.30. The summed E-state index contributed by atoms with van der Waals surface area (Å²) >= 11 is 0. The number of nitrogens with two attached hydrogens (primary N) is 1. The molecule has 2 rings (SSSR count). The van der Waals surface area contributed by atoms with E-state index in [-0.39, 0.29) is 5.95 Å². The van der Waals surface area contributed by atoms with Crippen LogP contribution in [0.5, 0.6) is 0 Å². The van der Waals surface area contributed by atoms with Crippen LogP contribution in [0.1, 0.15) is 0 Å². The maximum atomic E-state index is 13.4. The van der Waals surface area contributed by atoms with Crippen molar-refractivity contribution < 1.29 is 22.0 Å². The lowest BCUT2D eigenvalue weighted by molar-refractivity contribution is 0.380. The fourth-order valence-corrected chi connectivity index (χ4v) is 1.30. The SMILES string of the molecule is Cn1nc(-c2c(F)c(F)c(F)c(F)c2F)nc1N. The van der Waals surface area contributed by atoms with Crippen LogP contribution in [0.4, 0.5) is 27.9 Å². The van der Waals surface area contributed by atoms with Gasteiger partial charge in [-0.25, -0.2) is 26.6 Å². The van der Waals surface area contributed by atoms with Crippen molar-refractivity contribution in [3.05, 3.63) is 29.1 Å². The van der Waals surface area contributed by atoms with Gasteiger partial charge in [-0.05, 0) is 0 Å². The van der Waals surface area contributed by atoms with Gasteiger partial charge in [0, 0.05) is 7.05 Å². The second-order valence-electron chi connectivity index (χ2n) is 3.36. The molecule has 0 fully saturated rings. The van der Waals surface area contributed by atoms with Crippen molar-refractivity contribution in [2.75, 3.05) is 5.73 Å². The minimum absolute atomic E-state index is 0.228. The van der Waals surface area contributed by atoms with Crippen LogP contribution in [0.2, 0.25) is 0 Å². The van der Waals surface area contributed by atoms with E-state index in [1.165, 1.54) is 7.05 Å². The lowest BCUT2D eigenvalue weighted by Gasteiger charge is -2.04. The predicted molar refractivity (Wildman–Crippen MR) is 50.6 cm³/mol. The number of anilines is 1. The summed E-state index contributed by atoms with van der Waals surface area (Å²) in [4.78, 5) is 3.41. The molecule has 96 valence electrons. The average molecular weight is 264 g/mol.